The highest BCUT2D eigenvalue weighted by molar-refractivity contribution is 5.37. The van der Waals surface area contributed by atoms with Crippen LogP contribution in [0.1, 0.15) is 30.0 Å². The number of rotatable bonds is 2. The Labute approximate surface area is 71.2 Å². The monoisotopic (exact) mass is 164 g/mol. The van der Waals surface area contributed by atoms with Crippen molar-refractivity contribution in [2.45, 2.75) is 25.4 Å². The lowest BCUT2D eigenvalue weighted by atomic mass is 10.1. The van der Waals surface area contributed by atoms with Crippen molar-refractivity contribution in [3.63, 3.8) is 0 Å². The van der Waals surface area contributed by atoms with Crippen molar-refractivity contribution < 1.29 is 5.11 Å². The lowest BCUT2D eigenvalue weighted by Crippen LogP contribution is -1.99. The number of nitrogens with zero attached hydrogens (tertiary/aromatic N) is 1. The maximum absolute atomic E-state index is 9.00. The lowest BCUT2D eigenvalue weighted by Gasteiger charge is -2.04. The van der Waals surface area contributed by atoms with Crippen molar-refractivity contribution in [3.8, 4) is 0 Å². The molecule has 0 atom stereocenters. The van der Waals surface area contributed by atoms with Gasteiger partial charge in [0.15, 0.2) is 0 Å². The van der Waals surface area contributed by atoms with Crippen LogP contribution >= 0.6 is 0 Å². The predicted octanol–water partition coefficient (Wildman–Crippen LogP) is 1.03. The van der Waals surface area contributed by atoms with Gasteiger partial charge < -0.3 is 10.8 Å². The SMILES string of the molecule is Nc1ccc(C2CC2)c(CO)n1. The molecule has 0 amide bonds. The predicted molar refractivity (Wildman–Crippen MR) is 46.5 cm³/mol. The molecule has 0 bridgehead atoms. The summed E-state index contributed by atoms with van der Waals surface area (Å²) in [6.07, 6.45) is 2.44. The van der Waals surface area contributed by atoms with Crippen molar-refractivity contribution in [1.82, 2.24) is 4.98 Å². The minimum atomic E-state index is -0.00310. The van der Waals surface area contributed by atoms with Gasteiger partial charge in [-0.15, -0.1) is 0 Å². The second kappa shape index (κ2) is 2.75. The topological polar surface area (TPSA) is 59.1 Å². The average molecular weight is 164 g/mol. The smallest absolute Gasteiger partial charge is 0.123 e. The fourth-order valence-corrected chi connectivity index (χ4v) is 1.42. The molecule has 3 nitrogen and oxygen atoms in total. The van der Waals surface area contributed by atoms with Crippen molar-refractivity contribution in [3.05, 3.63) is 23.4 Å². The summed E-state index contributed by atoms with van der Waals surface area (Å²) in [5.41, 5.74) is 7.42. The molecular formula is C9H12N2O. The van der Waals surface area contributed by atoms with Gasteiger partial charge >= 0.3 is 0 Å². The maximum atomic E-state index is 9.00. The van der Waals surface area contributed by atoms with Crippen LogP contribution in [-0.4, -0.2) is 10.1 Å². The Morgan fingerprint density at radius 1 is 1.50 bits per heavy atom. The Morgan fingerprint density at radius 3 is 2.83 bits per heavy atom. The molecule has 12 heavy (non-hydrogen) atoms. The molecule has 1 aliphatic rings. The third-order valence-corrected chi connectivity index (χ3v) is 2.20. The number of aromatic nitrogens is 1. The molecule has 0 saturated heterocycles. The van der Waals surface area contributed by atoms with Gasteiger partial charge in [-0.2, -0.15) is 0 Å². The number of nitrogen functional groups attached to an aromatic ring is 1. The van der Waals surface area contributed by atoms with E-state index in [1.54, 1.807) is 6.07 Å². The molecule has 1 aromatic rings. The van der Waals surface area contributed by atoms with E-state index in [1.807, 2.05) is 6.07 Å². The van der Waals surface area contributed by atoms with Crippen molar-refractivity contribution in [2.75, 3.05) is 5.73 Å². The Morgan fingerprint density at radius 2 is 2.25 bits per heavy atom. The van der Waals surface area contributed by atoms with Crippen molar-refractivity contribution in [2.24, 2.45) is 0 Å². The van der Waals surface area contributed by atoms with Crippen LogP contribution in [0.5, 0.6) is 0 Å². The molecule has 64 valence electrons. The summed E-state index contributed by atoms with van der Waals surface area (Å²) in [6.45, 7) is -0.00310. The van der Waals surface area contributed by atoms with E-state index in [1.165, 1.54) is 18.4 Å². The van der Waals surface area contributed by atoms with E-state index in [0.29, 0.717) is 11.7 Å². The summed E-state index contributed by atoms with van der Waals surface area (Å²) in [7, 11) is 0. The van der Waals surface area contributed by atoms with Gasteiger partial charge in [0, 0.05) is 0 Å². The molecule has 0 unspecified atom stereocenters. The Hall–Kier alpha value is -1.09. The van der Waals surface area contributed by atoms with E-state index in [2.05, 4.69) is 4.98 Å². The first kappa shape index (κ1) is 7.55. The van der Waals surface area contributed by atoms with Crippen LogP contribution in [-0.2, 0) is 6.61 Å². The minimum Gasteiger partial charge on any atom is -0.390 e. The van der Waals surface area contributed by atoms with Crippen LogP contribution in [0.3, 0.4) is 0 Å². The molecule has 1 saturated carbocycles. The molecule has 0 aromatic carbocycles. The molecule has 0 spiro atoms. The van der Waals surface area contributed by atoms with E-state index in [-0.39, 0.29) is 6.61 Å². The quantitative estimate of drug-likeness (QED) is 0.686. The van der Waals surface area contributed by atoms with Gasteiger partial charge in [0.2, 0.25) is 0 Å². The maximum Gasteiger partial charge on any atom is 0.123 e. The van der Waals surface area contributed by atoms with Gasteiger partial charge in [-0.25, -0.2) is 4.98 Å². The lowest BCUT2D eigenvalue weighted by molar-refractivity contribution is 0.275. The van der Waals surface area contributed by atoms with Gasteiger partial charge in [0.25, 0.3) is 0 Å². The van der Waals surface area contributed by atoms with Crippen molar-refractivity contribution >= 4 is 5.82 Å². The number of nitrogens with two attached hydrogens (primary N) is 1. The van der Waals surface area contributed by atoms with Crippen LogP contribution in [0.15, 0.2) is 12.1 Å². The first-order chi connectivity index (χ1) is 5.81. The highest BCUT2D eigenvalue weighted by Gasteiger charge is 2.26. The third kappa shape index (κ3) is 1.28. The second-order valence-electron chi connectivity index (χ2n) is 3.20. The van der Waals surface area contributed by atoms with Gasteiger partial charge in [0.1, 0.15) is 5.82 Å². The number of anilines is 1. The zero-order valence-electron chi connectivity index (χ0n) is 6.83. The largest absolute Gasteiger partial charge is 0.390 e. The number of hydrogen-bond acceptors (Lipinski definition) is 3. The zero-order chi connectivity index (χ0) is 8.55. The number of hydrogen-bond donors (Lipinski definition) is 2. The summed E-state index contributed by atoms with van der Waals surface area (Å²) in [4.78, 5) is 4.08. The minimum absolute atomic E-state index is 0.00310. The van der Waals surface area contributed by atoms with E-state index >= 15 is 0 Å². The van der Waals surface area contributed by atoms with Crippen LogP contribution in [0.2, 0.25) is 0 Å². The molecule has 3 heteroatoms. The van der Waals surface area contributed by atoms with E-state index in [4.69, 9.17) is 10.8 Å². The molecule has 0 aliphatic heterocycles. The average Bonchev–Trinajstić information content (AvgIpc) is 2.87. The normalized spacial score (nSPS) is 16.4. The third-order valence-electron chi connectivity index (χ3n) is 2.20. The summed E-state index contributed by atoms with van der Waals surface area (Å²) < 4.78 is 0. The number of aliphatic hydroxyl groups excluding tert-OH is 1. The molecule has 0 radical (unpaired) electrons. The number of aliphatic hydroxyl groups is 1. The summed E-state index contributed by atoms with van der Waals surface area (Å²) in [6, 6.07) is 3.78. The Bertz CT molecular complexity index is 295. The molecule has 3 N–H and O–H groups in total. The summed E-state index contributed by atoms with van der Waals surface area (Å²) >= 11 is 0. The summed E-state index contributed by atoms with van der Waals surface area (Å²) in [5, 5.41) is 9.00. The second-order valence-corrected chi connectivity index (χ2v) is 3.20. The van der Waals surface area contributed by atoms with Crippen LogP contribution in [0.4, 0.5) is 5.82 Å². The molecule has 2 rings (SSSR count). The van der Waals surface area contributed by atoms with Gasteiger partial charge in [0.05, 0.1) is 12.3 Å². The van der Waals surface area contributed by atoms with Crippen LogP contribution < -0.4 is 5.73 Å². The first-order valence-corrected chi connectivity index (χ1v) is 4.17. The summed E-state index contributed by atoms with van der Waals surface area (Å²) in [5.74, 6) is 1.11. The highest BCUT2D eigenvalue weighted by Crippen LogP contribution is 2.41. The van der Waals surface area contributed by atoms with Crippen molar-refractivity contribution in [1.29, 1.82) is 0 Å². The zero-order valence-corrected chi connectivity index (χ0v) is 6.83. The van der Waals surface area contributed by atoms with E-state index in [9.17, 15) is 0 Å². The molecule has 1 aromatic heterocycles. The van der Waals surface area contributed by atoms with Gasteiger partial charge in [-0.3, -0.25) is 0 Å². The fourth-order valence-electron chi connectivity index (χ4n) is 1.42. The first-order valence-electron chi connectivity index (χ1n) is 4.17. The Balaban J connectivity index is 2.38. The van der Waals surface area contributed by atoms with Crippen LogP contribution in [0, 0.1) is 0 Å². The van der Waals surface area contributed by atoms with Gasteiger partial charge in [-0.05, 0) is 30.4 Å². The molecule has 1 fully saturated rings. The van der Waals surface area contributed by atoms with E-state index in [0.717, 1.165) is 5.69 Å². The van der Waals surface area contributed by atoms with Gasteiger partial charge in [-0.1, -0.05) is 6.07 Å². The molecule has 1 heterocycles. The Kier molecular flexibility index (Phi) is 1.73. The highest BCUT2D eigenvalue weighted by atomic mass is 16.3. The molecular weight excluding hydrogens is 152 g/mol. The standard InChI is InChI=1S/C9H12N2O/c10-9-4-3-7(6-1-2-6)8(5-12)11-9/h3-4,6,12H,1-2,5H2,(H2,10,11). The van der Waals surface area contributed by atoms with Crippen LogP contribution in [0.25, 0.3) is 0 Å². The fraction of sp³-hybridized carbons (Fsp3) is 0.444. The number of pyridine rings is 1. The molecule has 1 aliphatic carbocycles. The van der Waals surface area contributed by atoms with E-state index < -0.39 is 0 Å².